The van der Waals surface area contributed by atoms with Crippen molar-refractivity contribution in [2.45, 2.75) is 71.1 Å². The highest BCUT2D eigenvalue weighted by molar-refractivity contribution is 4.94. The third kappa shape index (κ3) is 2.45. The van der Waals surface area contributed by atoms with Gasteiger partial charge < -0.3 is 5.73 Å². The zero-order chi connectivity index (χ0) is 11.4. The van der Waals surface area contributed by atoms with Gasteiger partial charge in [-0.2, -0.15) is 0 Å². The summed E-state index contributed by atoms with van der Waals surface area (Å²) in [5, 5.41) is 0. The average Bonchev–Trinajstić information content (AvgIpc) is 2.26. The van der Waals surface area contributed by atoms with E-state index in [1.165, 1.54) is 64.2 Å². The van der Waals surface area contributed by atoms with Gasteiger partial charge in [-0.25, -0.2) is 0 Å². The first-order chi connectivity index (χ1) is 7.80. The second-order valence-electron chi connectivity index (χ2n) is 6.28. The van der Waals surface area contributed by atoms with Crippen molar-refractivity contribution in [1.29, 1.82) is 0 Å². The van der Waals surface area contributed by atoms with Crippen LogP contribution in [0.3, 0.4) is 0 Å². The Hall–Kier alpha value is -0.0400. The Morgan fingerprint density at radius 1 is 1.12 bits per heavy atom. The standard InChI is InChI=1S/C15H29N/c1-2-3-5-13-8-10-15(12-16,11-9-13)14-6-4-7-14/h13-14H,2-12,16H2,1H3. The van der Waals surface area contributed by atoms with Gasteiger partial charge in [0.2, 0.25) is 0 Å². The number of hydrogen-bond acceptors (Lipinski definition) is 1. The molecule has 0 aliphatic heterocycles. The second kappa shape index (κ2) is 5.53. The monoisotopic (exact) mass is 223 g/mol. The molecule has 0 aromatic heterocycles. The minimum Gasteiger partial charge on any atom is -0.330 e. The zero-order valence-electron chi connectivity index (χ0n) is 11.0. The van der Waals surface area contributed by atoms with Crippen molar-refractivity contribution >= 4 is 0 Å². The summed E-state index contributed by atoms with van der Waals surface area (Å²) in [5.41, 5.74) is 6.66. The van der Waals surface area contributed by atoms with Gasteiger partial charge in [0.25, 0.3) is 0 Å². The number of rotatable bonds is 5. The first kappa shape index (κ1) is 12.4. The van der Waals surface area contributed by atoms with Gasteiger partial charge in [-0.05, 0) is 62.3 Å². The molecule has 0 aromatic rings. The molecule has 2 N–H and O–H groups in total. The van der Waals surface area contributed by atoms with E-state index in [4.69, 9.17) is 5.73 Å². The molecule has 1 heteroatoms. The molecule has 94 valence electrons. The van der Waals surface area contributed by atoms with Crippen LogP contribution < -0.4 is 5.73 Å². The van der Waals surface area contributed by atoms with Crippen molar-refractivity contribution in [3.05, 3.63) is 0 Å². The zero-order valence-corrected chi connectivity index (χ0v) is 11.0. The van der Waals surface area contributed by atoms with Gasteiger partial charge >= 0.3 is 0 Å². The first-order valence-electron chi connectivity index (χ1n) is 7.51. The molecule has 2 saturated carbocycles. The molecule has 2 aliphatic carbocycles. The highest BCUT2D eigenvalue weighted by Gasteiger charge is 2.42. The summed E-state index contributed by atoms with van der Waals surface area (Å²) in [6, 6.07) is 0. The van der Waals surface area contributed by atoms with E-state index in [1.54, 1.807) is 0 Å². The molecule has 16 heavy (non-hydrogen) atoms. The predicted octanol–water partition coefficient (Wildman–Crippen LogP) is 4.11. The van der Waals surface area contributed by atoms with E-state index >= 15 is 0 Å². The lowest BCUT2D eigenvalue weighted by Gasteiger charge is -2.49. The number of hydrogen-bond donors (Lipinski definition) is 1. The Morgan fingerprint density at radius 3 is 2.25 bits per heavy atom. The van der Waals surface area contributed by atoms with E-state index in [1.807, 2.05) is 0 Å². The molecule has 0 aromatic carbocycles. The van der Waals surface area contributed by atoms with E-state index in [-0.39, 0.29) is 0 Å². The summed E-state index contributed by atoms with van der Waals surface area (Å²) in [6.45, 7) is 3.26. The number of nitrogens with two attached hydrogens (primary N) is 1. The maximum Gasteiger partial charge on any atom is -0.00179 e. The van der Waals surface area contributed by atoms with Crippen LogP contribution in [0.15, 0.2) is 0 Å². The van der Waals surface area contributed by atoms with Gasteiger partial charge in [-0.15, -0.1) is 0 Å². The fourth-order valence-electron chi connectivity index (χ4n) is 3.83. The molecular weight excluding hydrogens is 194 g/mol. The van der Waals surface area contributed by atoms with Gasteiger partial charge in [-0.1, -0.05) is 32.6 Å². The SMILES string of the molecule is CCCCC1CCC(CN)(C2CCC2)CC1. The van der Waals surface area contributed by atoms with Gasteiger partial charge in [-0.3, -0.25) is 0 Å². The van der Waals surface area contributed by atoms with Crippen molar-refractivity contribution in [2.75, 3.05) is 6.54 Å². The van der Waals surface area contributed by atoms with Gasteiger partial charge in [0.05, 0.1) is 0 Å². The highest BCUT2D eigenvalue weighted by Crippen LogP contribution is 2.51. The molecule has 0 unspecified atom stereocenters. The molecule has 0 spiro atoms. The Bertz CT molecular complexity index is 199. The molecule has 0 amide bonds. The van der Waals surface area contributed by atoms with Crippen molar-refractivity contribution in [2.24, 2.45) is 23.0 Å². The molecule has 0 heterocycles. The third-order valence-corrected chi connectivity index (χ3v) is 5.44. The van der Waals surface area contributed by atoms with E-state index in [0.717, 1.165) is 18.4 Å². The van der Waals surface area contributed by atoms with Crippen LogP contribution in [0.4, 0.5) is 0 Å². The molecule has 2 aliphatic rings. The smallest absolute Gasteiger partial charge is 0.00179 e. The lowest BCUT2D eigenvalue weighted by molar-refractivity contribution is 0.0313. The summed E-state index contributed by atoms with van der Waals surface area (Å²) in [5.74, 6) is 2.02. The summed E-state index contributed by atoms with van der Waals surface area (Å²) in [4.78, 5) is 0. The van der Waals surface area contributed by atoms with Crippen molar-refractivity contribution in [3.63, 3.8) is 0 Å². The summed E-state index contributed by atoms with van der Waals surface area (Å²) in [7, 11) is 0. The largest absolute Gasteiger partial charge is 0.330 e. The van der Waals surface area contributed by atoms with Crippen LogP contribution in [0.25, 0.3) is 0 Å². The Kier molecular flexibility index (Phi) is 4.29. The van der Waals surface area contributed by atoms with E-state index in [2.05, 4.69) is 6.92 Å². The van der Waals surface area contributed by atoms with E-state index in [0.29, 0.717) is 5.41 Å². The molecule has 0 bridgehead atoms. The first-order valence-corrected chi connectivity index (χ1v) is 7.51. The maximum atomic E-state index is 6.09. The minimum absolute atomic E-state index is 0.570. The molecule has 0 saturated heterocycles. The summed E-state index contributed by atoms with van der Waals surface area (Å²) in [6.07, 6.45) is 14.5. The van der Waals surface area contributed by atoms with Gasteiger partial charge in [0.1, 0.15) is 0 Å². The third-order valence-electron chi connectivity index (χ3n) is 5.44. The van der Waals surface area contributed by atoms with Gasteiger partial charge in [0, 0.05) is 0 Å². The highest BCUT2D eigenvalue weighted by atomic mass is 14.6. The predicted molar refractivity (Wildman–Crippen MR) is 70.3 cm³/mol. The fourth-order valence-corrected chi connectivity index (χ4v) is 3.83. The summed E-state index contributed by atoms with van der Waals surface area (Å²) < 4.78 is 0. The minimum atomic E-state index is 0.570. The van der Waals surface area contributed by atoms with Crippen molar-refractivity contribution in [3.8, 4) is 0 Å². The van der Waals surface area contributed by atoms with Crippen LogP contribution in [0.5, 0.6) is 0 Å². The Balaban J connectivity index is 1.81. The summed E-state index contributed by atoms with van der Waals surface area (Å²) >= 11 is 0. The molecule has 0 radical (unpaired) electrons. The van der Waals surface area contributed by atoms with Crippen molar-refractivity contribution < 1.29 is 0 Å². The van der Waals surface area contributed by atoms with Crippen LogP contribution >= 0.6 is 0 Å². The molecule has 0 atom stereocenters. The molecule has 2 rings (SSSR count). The van der Waals surface area contributed by atoms with E-state index in [9.17, 15) is 0 Å². The van der Waals surface area contributed by atoms with E-state index < -0.39 is 0 Å². The quantitative estimate of drug-likeness (QED) is 0.745. The fraction of sp³-hybridized carbons (Fsp3) is 1.00. The topological polar surface area (TPSA) is 26.0 Å². The maximum absolute atomic E-state index is 6.09. The number of unbranched alkanes of at least 4 members (excludes halogenated alkanes) is 1. The molecule has 2 fully saturated rings. The Morgan fingerprint density at radius 2 is 1.81 bits per heavy atom. The van der Waals surface area contributed by atoms with Crippen LogP contribution in [0.1, 0.15) is 71.1 Å². The second-order valence-corrected chi connectivity index (χ2v) is 6.28. The molecular formula is C15H29N. The van der Waals surface area contributed by atoms with Crippen LogP contribution in [0, 0.1) is 17.3 Å². The molecule has 1 nitrogen and oxygen atoms in total. The lowest BCUT2D eigenvalue weighted by atomic mass is 9.57. The van der Waals surface area contributed by atoms with Crippen LogP contribution in [-0.2, 0) is 0 Å². The lowest BCUT2D eigenvalue weighted by Crippen LogP contribution is -2.44. The van der Waals surface area contributed by atoms with Crippen molar-refractivity contribution in [1.82, 2.24) is 0 Å². The van der Waals surface area contributed by atoms with Crippen LogP contribution in [-0.4, -0.2) is 6.54 Å². The van der Waals surface area contributed by atoms with Crippen LogP contribution in [0.2, 0.25) is 0 Å². The Labute approximate surface area is 101 Å². The normalized spacial score (nSPS) is 36.0. The van der Waals surface area contributed by atoms with Gasteiger partial charge in [0.15, 0.2) is 0 Å². The average molecular weight is 223 g/mol.